The molecule has 0 radical (unpaired) electrons. The van der Waals surface area contributed by atoms with Gasteiger partial charge in [-0.05, 0) is 37.3 Å². The van der Waals surface area contributed by atoms with Crippen molar-refractivity contribution in [2.45, 2.75) is 44.0 Å². The summed E-state index contributed by atoms with van der Waals surface area (Å²) in [7, 11) is -3.92. The molecule has 0 amide bonds. The Morgan fingerprint density at radius 2 is 2.05 bits per heavy atom. The lowest BCUT2D eigenvalue weighted by Crippen LogP contribution is -2.35. The van der Waals surface area contributed by atoms with Crippen molar-refractivity contribution in [2.24, 2.45) is 5.92 Å². The fourth-order valence-electron chi connectivity index (χ4n) is 2.15. The molecule has 0 unspecified atom stereocenters. The number of nitrogens with two attached hydrogens (primary N) is 1. The van der Waals surface area contributed by atoms with E-state index in [0.717, 1.165) is 25.3 Å². The van der Waals surface area contributed by atoms with Crippen LogP contribution < -0.4 is 5.73 Å². The minimum Gasteiger partial charge on any atom is -0.396 e. The first-order valence-electron chi connectivity index (χ1n) is 7.00. The van der Waals surface area contributed by atoms with Crippen LogP contribution in [0.2, 0.25) is 5.02 Å². The molecule has 118 valence electrons. The fraction of sp³-hybridized carbons (Fsp3) is 0.571. The highest BCUT2D eigenvalue weighted by Crippen LogP contribution is 2.35. The van der Waals surface area contributed by atoms with Gasteiger partial charge in [-0.1, -0.05) is 25.4 Å². The third-order valence-corrected chi connectivity index (χ3v) is 5.67. The summed E-state index contributed by atoms with van der Waals surface area (Å²) in [5.41, 5.74) is 5.24. The van der Waals surface area contributed by atoms with Crippen LogP contribution in [0, 0.1) is 11.7 Å². The molecule has 0 spiro atoms. The first kappa shape index (κ1) is 16.5. The van der Waals surface area contributed by atoms with E-state index in [0.29, 0.717) is 12.5 Å². The molecule has 4 nitrogen and oxygen atoms in total. The second-order valence-electron chi connectivity index (χ2n) is 5.84. The summed E-state index contributed by atoms with van der Waals surface area (Å²) in [6.45, 7) is 4.43. The molecule has 0 heterocycles. The number of nitrogen functional groups attached to an aromatic ring is 1. The van der Waals surface area contributed by atoms with Crippen LogP contribution in [0.5, 0.6) is 0 Å². The van der Waals surface area contributed by atoms with Crippen LogP contribution >= 0.6 is 11.6 Å². The molecular formula is C14H20ClFN2O2S. The Balaban J connectivity index is 2.39. The molecule has 21 heavy (non-hydrogen) atoms. The van der Waals surface area contributed by atoms with Gasteiger partial charge in [0, 0.05) is 17.6 Å². The number of rotatable bonds is 6. The van der Waals surface area contributed by atoms with Gasteiger partial charge in [0.25, 0.3) is 0 Å². The first-order chi connectivity index (χ1) is 9.73. The second-order valence-corrected chi connectivity index (χ2v) is 8.13. The van der Waals surface area contributed by atoms with Crippen molar-refractivity contribution in [3.05, 3.63) is 23.0 Å². The Morgan fingerprint density at radius 3 is 2.57 bits per heavy atom. The first-order valence-corrected chi connectivity index (χ1v) is 8.81. The number of benzene rings is 1. The average molecular weight is 335 g/mol. The maximum atomic E-state index is 14.1. The van der Waals surface area contributed by atoms with Gasteiger partial charge in [0.1, 0.15) is 4.90 Å². The molecule has 1 saturated carbocycles. The zero-order valence-corrected chi connectivity index (χ0v) is 13.7. The van der Waals surface area contributed by atoms with E-state index in [9.17, 15) is 12.8 Å². The predicted molar refractivity (Wildman–Crippen MR) is 82.2 cm³/mol. The molecule has 7 heteroatoms. The standard InChI is InChI=1S/C14H20ClFN2O2S/c1-9(2)5-6-18(11-3-4-11)21(19,20)13-8-10(15)7-12(17)14(13)16/h7-9,11H,3-6,17H2,1-2H3. The summed E-state index contributed by atoms with van der Waals surface area (Å²) in [5, 5.41) is 0.118. The molecular weight excluding hydrogens is 315 g/mol. The van der Waals surface area contributed by atoms with E-state index in [4.69, 9.17) is 17.3 Å². The summed E-state index contributed by atoms with van der Waals surface area (Å²) in [5.74, 6) is -0.551. The average Bonchev–Trinajstić information content (AvgIpc) is 3.17. The van der Waals surface area contributed by atoms with Crippen molar-refractivity contribution in [3.63, 3.8) is 0 Å². The molecule has 0 atom stereocenters. The highest BCUT2D eigenvalue weighted by Gasteiger charge is 2.39. The van der Waals surface area contributed by atoms with Gasteiger partial charge in [-0.3, -0.25) is 0 Å². The smallest absolute Gasteiger partial charge is 0.246 e. The van der Waals surface area contributed by atoms with Crippen LogP contribution in [-0.2, 0) is 10.0 Å². The Bertz CT molecular complexity index is 630. The minimum atomic E-state index is -3.92. The van der Waals surface area contributed by atoms with Gasteiger partial charge in [-0.2, -0.15) is 4.31 Å². The molecule has 1 aromatic rings. The Kier molecular flexibility index (Phi) is 4.80. The number of hydrogen-bond donors (Lipinski definition) is 1. The molecule has 1 aromatic carbocycles. The predicted octanol–water partition coefficient (Wildman–Crippen LogP) is 3.26. The van der Waals surface area contributed by atoms with E-state index in [2.05, 4.69) is 0 Å². The number of hydrogen-bond acceptors (Lipinski definition) is 3. The van der Waals surface area contributed by atoms with E-state index < -0.39 is 20.7 Å². The Morgan fingerprint density at radius 1 is 1.43 bits per heavy atom. The zero-order valence-electron chi connectivity index (χ0n) is 12.1. The molecule has 2 rings (SSSR count). The summed E-state index contributed by atoms with van der Waals surface area (Å²) in [6, 6.07) is 2.31. The van der Waals surface area contributed by atoms with Crippen molar-refractivity contribution in [1.29, 1.82) is 0 Å². The molecule has 1 aliphatic rings. The van der Waals surface area contributed by atoms with Crippen LogP contribution in [0.25, 0.3) is 0 Å². The second kappa shape index (κ2) is 6.10. The molecule has 1 aliphatic carbocycles. The number of sulfonamides is 1. The summed E-state index contributed by atoms with van der Waals surface area (Å²) in [4.78, 5) is -0.428. The normalized spacial score (nSPS) is 15.9. The SMILES string of the molecule is CC(C)CCN(C1CC1)S(=O)(=O)c1cc(Cl)cc(N)c1F. The highest BCUT2D eigenvalue weighted by molar-refractivity contribution is 7.89. The monoisotopic (exact) mass is 334 g/mol. The van der Waals surface area contributed by atoms with Crippen LogP contribution in [0.1, 0.15) is 33.1 Å². The summed E-state index contributed by atoms with van der Waals surface area (Å²) < 4.78 is 41.0. The van der Waals surface area contributed by atoms with Crippen molar-refractivity contribution in [2.75, 3.05) is 12.3 Å². The van der Waals surface area contributed by atoms with E-state index in [1.807, 2.05) is 13.8 Å². The minimum absolute atomic E-state index is 0.0339. The summed E-state index contributed by atoms with van der Waals surface area (Å²) >= 11 is 5.83. The largest absolute Gasteiger partial charge is 0.396 e. The summed E-state index contributed by atoms with van der Waals surface area (Å²) in [6.07, 6.45) is 2.36. The maximum absolute atomic E-state index is 14.1. The van der Waals surface area contributed by atoms with Crippen molar-refractivity contribution < 1.29 is 12.8 Å². The van der Waals surface area contributed by atoms with Gasteiger partial charge in [0.2, 0.25) is 10.0 Å². The lowest BCUT2D eigenvalue weighted by molar-refractivity contribution is 0.371. The van der Waals surface area contributed by atoms with Crippen molar-refractivity contribution >= 4 is 27.3 Å². The number of nitrogens with zero attached hydrogens (tertiary/aromatic N) is 1. The third kappa shape index (κ3) is 3.67. The lowest BCUT2D eigenvalue weighted by Gasteiger charge is -2.23. The van der Waals surface area contributed by atoms with Gasteiger partial charge in [-0.15, -0.1) is 0 Å². The lowest BCUT2D eigenvalue weighted by atomic mass is 10.1. The topological polar surface area (TPSA) is 63.4 Å². The number of halogens is 2. The van der Waals surface area contributed by atoms with Gasteiger partial charge in [0.05, 0.1) is 5.69 Å². The zero-order chi connectivity index (χ0) is 15.8. The van der Waals surface area contributed by atoms with Gasteiger partial charge >= 0.3 is 0 Å². The highest BCUT2D eigenvalue weighted by atomic mass is 35.5. The molecule has 0 bridgehead atoms. The van der Waals surface area contributed by atoms with E-state index in [-0.39, 0.29) is 16.8 Å². The van der Waals surface area contributed by atoms with Crippen LogP contribution in [-0.4, -0.2) is 25.3 Å². The van der Waals surface area contributed by atoms with Gasteiger partial charge < -0.3 is 5.73 Å². The maximum Gasteiger partial charge on any atom is 0.246 e. The quantitative estimate of drug-likeness (QED) is 0.812. The third-order valence-electron chi connectivity index (χ3n) is 3.50. The van der Waals surface area contributed by atoms with E-state index >= 15 is 0 Å². The van der Waals surface area contributed by atoms with Crippen LogP contribution in [0.15, 0.2) is 17.0 Å². The van der Waals surface area contributed by atoms with E-state index in [1.165, 1.54) is 10.4 Å². The Hall–Kier alpha value is -0.850. The fourth-order valence-corrected chi connectivity index (χ4v) is 4.26. The van der Waals surface area contributed by atoms with Crippen molar-refractivity contribution in [1.82, 2.24) is 4.31 Å². The van der Waals surface area contributed by atoms with Crippen LogP contribution in [0.3, 0.4) is 0 Å². The molecule has 2 N–H and O–H groups in total. The molecule has 1 fully saturated rings. The molecule has 0 saturated heterocycles. The molecule has 0 aliphatic heterocycles. The Labute approximate surface area is 130 Å². The van der Waals surface area contributed by atoms with E-state index in [1.54, 1.807) is 0 Å². The molecule has 0 aromatic heterocycles. The van der Waals surface area contributed by atoms with Gasteiger partial charge in [-0.25, -0.2) is 12.8 Å². The number of anilines is 1. The van der Waals surface area contributed by atoms with Crippen LogP contribution in [0.4, 0.5) is 10.1 Å². The van der Waals surface area contributed by atoms with Crippen molar-refractivity contribution in [3.8, 4) is 0 Å². The van der Waals surface area contributed by atoms with Gasteiger partial charge in [0.15, 0.2) is 5.82 Å².